The molecule has 0 fully saturated rings. The molecule has 5 nitrogen and oxygen atoms in total. The molecule has 3 aromatic rings. The molecule has 1 N–H and O–H groups in total. The van der Waals surface area contributed by atoms with E-state index in [4.69, 9.17) is 0 Å². The zero-order valence-electron chi connectivity index (χ0n) is 18.4. The van der Waals surface area contributed by atoms with Gasteiger partial charge in [0.1, 0.15) is 0 Å². The van der Waals surface area contributed by atoms with Crippen molar-refractivity contribution in [2.45, 2.75) is 31.1 Å². The van der Waals surface area contributed by atoms with Gasteiger partial charge in [-0.05, 0) is 47.4 Å². The zero-order valence-corrected chi connectivity index (χ0v) is 19.2. The number of hydrogen-bond acceptors (Lipinski definition) is 3. The van der Waals surface area contributed by atoms with Gasteiger partial charge >= 0.3 is 0 Å². The maximum atomic E-state index is 13.5. The molecule has 1 aliphatic heterocycles. The van der Waals surface area contributed by atoms with Gasteiger partial charge in [-0.2, -0.15) is 0 Å². The number of rotatable bonds is 7. The predicted molar refractivity (Wildman–Crippen MR) is 127 cm³/mol. The highest BCUT2D eigenvalue weighted by atomic mass is 32.2. The first-order chi connectivity index (χ1) is 15.4. The second kappa shape index (κ2) is 9.17. The third-order valence-corrected chi connectivity index (χ3v) is 7.94. The van der Waals surface area contributed by atoms with Crippen LogP contribution < -0.4 is 9.62 Å². The van der Waals surface area contributed by atoms with Crippen LogP contribution in [0.5, 0.6) is 0 Å². The average Bonchev–Trinajstić information content (AvgIpc) is 3.23. The van der Waals surface area contributed by atoms with Crippen LogP contribution in [0.4, 0.5) is 5.69 Å². The van der Waals surface area contributed by atoms with Gasteiger partial charge in [-0.25, -0.2) is 8.42 Å². The fourth-order valence-electron chi connectivity index (χ4n) is 3.99. The average molecular weight is 449 g/mol. The molecule has 0 bridgehead atoms. The van der Waals surface area contributed by atoms with Crippen molar-refractivity contribution in [2.24, 2.45) is 5.92 Å². The van der Waals surface area contributed by atoms with Crippen molar-refractivity contribution in [3.63, 3.8) is 0 Å². The van der Waals surface area contributed by atoms with E-state index < -0.39 is 10.0 Å². The fourth-order valence-corrected chi connectivity index (χ4v) is 5.49. The minimum atomic E-state index is -3.76. The van der Waals surface area contributed by atoms with Gasteiger partial charge in [0.15, 0.2) is 0 Å². The van der Waals surface area contributed by atoms with Crippen LogP contribution in [0.1, 0.15) is 47.7 Å². The Balaban J connectivity index is 1.59. The number of sulfonamides is 1. The molecule has 1 heterocycles. The summed E-state index contributed by atoms with van der Waals surface area (Å²) in [7, 11) is -3.76. The van der Waals surface area contributed by atoms with Crippen molar-refractivity contribution in [3.05, 3.63) is 95.6 Å². The Hall–Kier alpha value is -3.12. The number of nitrogens with zero attached hydrogens (tertiary/aromatic N) is 1. The van der Waals surface area contributed by atoms with Gasteiger partial charge in [0.2, 0.25) is 0 Å². The van der Waals surface area contributed by atoms with Gasteiger partial charge in [-0.15, -0.1) is 0 Å². The number of anilines is 1. The SMILES string of the molecule is CCC(C)CNC(=O)c1ccc(S(=O)(=O)N2CC(c3ccccc3)c3ccccc32)cc1. The van der Waals surface area contributed by atoms with Crippen LogP contribution in [0, 0.1) is 5.92 Å². The summed E-state index contributed by atoms with van der Waals surface area (Å²) in [6.45, 7) is 5.10. The Kier molecular flexibility index (Phi) is 6.33. The molecule has 3 aromatic carbocycles. The van der Waals surface area contributed by atoms with Crippen LogP contribution in [0.15, 0.2) is 83.8 Å². The normalized spacial score (nSPS) is 16.4. The zero-order chi connectivity index (χ0) is 22.7. The van der Waals surface area contributed by atoms with E-state index in [0.29, 0.717) is 30.3 Å². The molecule has 0 aliphatic carbocycles. The summed E-state index contributed by atoms with van der Waals surface area (Å²) in [4.78, 5) is 12.6. The van der Waals surface area contributed by atoms with Crippen molar-refractivity contribution in [2.75, 3.05) is 17.4 Å². The van der Waals surface area contributed by atoms with Crippen LogP contribution in [-0.4, -0.2) is 27.4 Å². The summed E-state index contributed by atoms with van der Waals surface area (Å²) in [6.07, 6.45) is 0.985. The molecule has 0 aromatic heterocycles. The van der Waals surface area contributed by atoms with Gasteiger partial charge in [-0.3, -0.25) is 9.10 Å². The minimum Gasteiger partial charge on any atom is -0.352 e. The molecular formula is C26H28N2O3S. The number of carbonyl (C=O) groups excluding carboxylic acids is 1. The monoisotopic (exact) mass is 448 g/mol. The summed E-state index contributed by atoms with van der Waals surface area (Å²) in [5, 5.41) is 2.90. The first kappa shape index (κ1) is 22.1. The van der Waals surface area contributed by atoms with Crippen LogP contribution in [-0.2, 0) is 10.0 Å². The van der Waals surface area contributed by atoms with E-state index in [9.17, 15) is 13.2 Å². The number of fused-ring (bicyclic) bond motifs is 1. The van der Waals surface area contributed by atoms with Gasteiger partial charge in [0, 0.05) is 24.6 Å². The third-order valence-electron chi connectivity index (χ3n) is 6.14. The quantitative estimate of drug-likeness (QED) is 0.564. The van der Waals surface area contributed by atoms with Crippen LogP contribution >= 0.6 is 0 Å². The minimum absolute atomic E-state index is 0.0206. The lowest BCUT2D eigenvalue weighted by Crippen LogP contribution is -2.30. The van der Waals surface area contributed by atoms with Crippen LogP contribution in [0.2, 0.25) is 0 Å². The summed E-state index contributed by atoms with van der Waals surface area (Å²) in [5.74, 6) is 0.184. The second-order valence-electron chi connectivity index (χ2n) is 8.31. The molecule has 2 atom stereocenters. The highest BCUT2D eigenvalue weighted by Gasteiger charge is 2.37. The van der Waals surface area contributed by atoms with Gasteiger partial charge < -0.3 is 5.32 Å². The smallest absolute Gasteiger partial charge is 0.264 e. The summed E-state index contributed by atoms with van der Waals surface area (Å²) < 4.78 is 28.6. The number of benzene rings is 3. The predicted octanol–water partition coefficient (Wildman–Crippen LogP) is 4.80. The number of para-hydroxylation sites is 1. The second-order valence-corrected chi connectivity index (χ2v) is 10.2. The Labute approximate surface area is 190 Å². The van der Waals surface area contributed by atoms with Crippen molar-refractivity contribution in [1.82, 2.24) is 5.32 Å². The maximum Gasteiger partial charge on any atom is 0.264 e. The van der Waals surface area contributed by atoms with Gasteiger partial charge in [0.05, 0.1) is 10.6 Å². The highest BCUT2D eigenvalue weighted by molar-refractivity contribution is 7.92. The van der Waals surface area contributed by atoms with Gasteiger partial charge in [-0.1, -0.05) is 68.8 Å². The number of hydrogen-bond donors (Lipinski definition) is 1. The van der Waals surface area contributed by atoms with Gasteiger partial charge in [0.25, 0.3) is 15.9 Å². The molecule has 1 aliphatic rings. The Morgan fingerprint density at radius 1 is 1.00 bits per heavy atom. The van der Waals surface area contributed by atoms with Crippen molar-refractivity contribution >= 4 is 21.6 Å². The summed E-state index contributed by atoms with van der Waals surface area (Å²) in [6, 6.07) is 23.8. The summed E-state index contributed by atoms with van der Waals surface area (Å²) >= 11 is 0. The van der Waals surface area contributed by atoms with E-state index in [1.807, 2.05) is 54.6 Å². The van der Waals surface area contributed by atoms with E-state index in [2.05, 4.69) is 19.2 Å². The largest absolute Gasteiger partial charge is 0.352 e. The molecule has 32 heavy (non-hydrogen) atoms. The fraction of sp³-hybridized carbons (Fsp3) is 0.269. The lowest BCUT2D eigenvalue weighted by molar-refractivity contribution is 0.0947. The molecule has 166 valence electrons. The Bertz CT molecular complexity index is 1190. The van der Waals surface area contributed by atoms with E-state index in [0.717, 1.165) is 17.5 Å². The topological polar surface area (TPSA) is 66.5 Å². The Morgan fingerprint density at radius 3 is 2.34 bits per heavy atom. The van der Waals surface area contributed by atoms with Crippen molar-refractivity contribution in [3.8, 4) is 0 Å². The lowest BCUT2D eigenvalue weighted by atomic mass is 9.93. The standard InChI is InChI=1S/C26H28N2O3S/c1-3-19(2)17-27-26(29)21-13-15-22(16-14-21)32(30,31)28-18-24(20-9-5-4-6-10-20)23-11-7-8-12-25(23)28/h4-16,19,24H,3,17-18H2,1-2H3,(H,27,29). The number of carbonyl (C=O) groups is 1. The maximum absolute atomic E-state index is 13.5. The molecule has 4 rings (SSSR count). The molecule has 2 unspecified atom stereocenters. The summed E-state index contributed by atoms with van der Waals surface area (Å²) in [5.41, 5.74) is 3.25. The van der Waals surface area contributed by atoms with E-state index in [-0.39, 0.29) is 16.7 Å². The van der Waals surface area contributed by atoms with E-state index in [1.165, 1.54) is 16.4 Å². The molecule has 0 saturated heterocycles. The first-order valence-corrected chi connectivity index (χ1v) is 12.4. The highest BCUT2D eigenvalue weighted by Crippen LogP contribution is 2.42. The number of nitrogens with one attached hydrogen (secondary N) is 1. The van der Waals surface area contributed by atoms with Crippen LogP contribution in [0.3, 0.4) is 0 Å². The molecule has 1 amide bonds. The molecule has 0 spiro atoms. The molecule has 6 heteroatoms. The first-order valence-electron chi connectivity index (χ1n) is 11.0. The number of amides is 1. The molecule has 0 saturated carbocycles. The molecule has 0 radical (unpaired) electrons. The van der Waals surface area contributed by atoms with Crippen molar-refractivity contribution in [1.29, 1.82) is 0 Å². The van der Waals surface area contributed by atoms with E-state index in [1.54, 1.807) is 12.1 Å². The molecular weight excluding hydrogens is 420 g/mol. The third kappa shape index (κ3) is 4.28. The lowest BCUT2D eigenvalue weighted by Gasteiger charge is -2.20. The Morgan fingerprint density at radius 2 is 1.66 bits per heavy atom. The van der Waals surface area contributed by atoms with E-state index >= 15 is 0 Å². The van der Waals surface area contributed by atoms with Crippen molar-refractivity contribution < 1.29 is 13.2 Å². The van der Waals surface area contributed by atoms with Crippen LogP contribution in [0.25, 0.3) is 0 Å².